The molecule has 0 radical (unpaired) electrons. The molecule has 30 heavy (non-hydrogen) atoms. The molecule has 1 amide bonds. The van der Waals surface area contributed by atoms with E-state index >= 15 is 0 Å². The fraction of sp³-hybridized carbons (Fsp3) is 0.231. The summed E-state index contributed by atoms with van der Waals surface area (Å²) in [6.07, 6.45) is 2.38. The van der Waals surface area contributed by atoms with E-state index in [4.69, 9.17) is 4.74 Å². The molecule has 3 aromatic rings. The van der Waals surface area contributed by atoms with Crippen LogP contribution in [-0.4, -0.2) is 18.2 Å². The van der Waals surface area contributed by atoms with Gasteiger partial charge in [-0.3, -0.25) is 4.79 Å². The van der Waals surface area contributed by atoms with Gasteiger partial charge >= 0.3 is 0 Å². The average molecular weight is 399 g/mol. The number of rotatable bonds is 8. The number of aryl methyl sites for hydroxylation is 1. The molecule has 1 saturated heterocycles. The van der Waals surface area contributed by atoms with E-state index in [1.807, 2.05) is 78.9 Å². The van der Waals surface area contributed by atoms with Crippen LogP contribution < -0.4 is 9.64 Å². The first kappa shape index (κ1) is 19.9. The van der Waals surface area contributed by atoms with Crippen molar-refractivity contribution < 1.29 is 14.3 Å². The van der Waals surface area contributed by atoms with E-state index in [9.17, 15) is 9.59 Å². The van der Waals surface area contributed by atoms with Gasteiger partial charge in [0, 0.05) is 5.69 Å². The molecule has 0 N–H and O–H groups in total. The van der Waals surface area contributed by atoms with Gasteiger partial charge in [-0.2, -0.15) is 0 Å². The van der Waals surface area contributed by atoms with Gasteiger partial charge in [-0.15, -0.1) is 0 Å². The lowest BCUT2D eigenvalue weighted by Gasteiger charge is -2.44. The third-order valence-electron chi connectivity index (χ3n) is 5.65. The lowest BCUT2D eigenvalue weighted by molar-refractivity contribution is -0.133. The van der Waals surface area contributed by atoms with E-state index < -0.39 is 6.04 Å². The van der Waals surface area contributed by atoms with Crippen molar-refractivity contribution in [3.8, 4) is 5.75 Å². The van der Waals surface area contributed by atoms with Gasteiger partial charge in [0.1, 0.15) is 24.7 Å². The van der Waals surface area contributed by atoms with Gasteiger partial charge in [0.15, 0.2) is 0 Å². The van der Waals surface area contributed by atoms with Crippen molar-refractivity contribution in [1.82, 2.24) is 0 Å². The number of aldehydes is 1. The molecule has 0 aliphatic carbocycles. The number of carbonyl (C=O) groups is 2. The number of ether oxygens (including phenoxy) is 1. The molecule has 2 atom stereocenters. The molecule has 0 unspecified atom stereocenters. The molecule has 4 heteroatoms. The summed E-state index contributed by atoms with van der Waals surface area (Å²) in [5, 5.41) is 0. The standard InChI is InChI=1S/C26H25NO3/c1-2-19-8-12-22(13-9-19)27-25(17-28)24(26(27)29)16-20-10-14-23(15-11-20)30-18-21-6-4-3-5-7-21/h3-15,17,24-25H,2,16,18H2,1H3/t24-,25+/m0/s1. The van der Waals surface area contributed by atoms with Gasteiger partial charge in [0.05, 0.1) is 5.92 Å². The van der Waals surface area contributed by atoms with Crippen LogP contribution in [0.15, 0.2) is 78.9 Å². The lowest BCUT2D eigenvalue weighted by atomic mass is 9.82. The number of β-lactam (4-membered cyclic amide) rings is 1. The summed E-state index contributed by atoms with van der Waals surface area (Å²) >= 11 is 0. The summed E-state index contributed by atoms with van der Waals surface area (Å²) in [6.45, 7) is 2.60. The molecule has 1 aliphatic heterocycles. The summed E-state index contributed by atoms with van der Waals surface area (Å²) in [5.41, 5.74) is 4.13. The molecule has 152 valence electrons. The van der Waals surface area contributed by atoms with Crippen molar-refractivity contribution in [2.45, 2.75) is 32.4 Å². The van der Waals surface area contributed by atoms with Gasteiger partial charge < -0.3 is 14.4 Å². The van der Waals surface area contributed by atoms with Crippen LogP contribution in [-0.2, 0) is 29.0 Å². The van der Waals surface area contributed by atoms with Gasteiger partial charge in [-0.25, -0.2) is 0 Å². The van der Waals surface area contributed by atoms with Crippen molar-refractivity contribution in [2.24, 2.45) is 5.92 Å². The molecular formula is C26H25NO3. The highest BCUT2D eigenvalue weighted by atomic mass is 16.5. The number of carbonyl (C=O) groups excluding carboxylic acids is 2. The minimum absolute atomic E-state index is 0.000697. The van der Waals surface area contributed by atoms with E-state index in [0.717, 1.165) is 35.3 Å². The van der Waals surface area contributed by atoms with Crippen molar-refractivity contribution in [2.75, 3.05) is 4.90 Å². The zero-order valence-corrected chi connectivity index (χ0v) is 17.0. The third kappa shape index (κ3) is 4.13. The fourth-order valence-corrected chi connectivity index (χ4v) is 3.84. The summed E-state index contributed by atoms with van der Waals surface area (Å²) in [6, 6.07) is 25.2. The maximum absolute atomic E-state index is 12.8. The monoisotopic (exact) mass is 399 g/mol. The van der Waals surface area contributed by atoms with Crippen molar-refractivity contribution in [1.29, 1.82) is 0 Å². The van der Waals surface area contributed by atoms with E-state index in [0.29, 0.717) is 13.0 Å². The van der Waals surface area contributed by atoms with Crippen LogP contribution in [0.1, 0.15) is 23.6 Å². The molecule has 3 aromatic carbocycles. The summed E-state index contributed by atoms with van der Waals surface area (Å²) in [7, 11) is 0. The first-order valence-corrected chi connectivity index (χ1v) is 10.3. The Balaban J connectivity index is 1.37. The number of anilines is 1. The zero-order chi connectivity index (χ0) is 20.9. The first-order chi connectivity index (χ1) is 14.7. The van der Waals surface area contributed by atoms with Crippen LogP contribution in [0, 0.1) is 5.92 Å². The van der Waals surface area contributed by atoms with E-state index in [1.54, 1.807) is 4.90 Å². The van der Waals surface area contributed by atoms with E-state index in [-0.39, 0.29) is 11.8 Å². The number of nitrogens with zero attached hydrogens (tertiary/aromatic N) is 1. The van der Waals surface area contributed by atoms with E-state index in [2.05, 4.69) is 6.92 Å². The highest BCUT2D eigenvalue weighted by molar-refractivity contribution is 6.08. The Morgan fingerprint density at radius 3 is 2.17 bits per heavy atom. The second-order valence-corrected chi connectivity index (χ2v) is 7.58. The first-order valence-electron chi connectivity index (χ1n) is 10.3. The number of hydrogen-bond donors (Lipinski definition) is 0. The highest BCUT2D eigenvalue weighted by Crippen LogP contribution is 2.34. The lowest BCUT2D eigenvalue weighted by Crippen LogP contribution is -2.62. The molecule has 0 spiro atoms. The minimum atomic E-state index is -0.418. The smallest absolute Gasteiger partial charge is 0.233 e. The quantitative estimate of drug-likeness (QED) is 0.411. The molecule has 0 saturated carbocycles. The predicted octanol–water partition coefficient (Wildman–Crippen LogP) is 4.60. The Morgan fingerprint density at radius 2 is 1.53 bits per heavy atom. The molecule has 4 nitrogen and oxygen atoms in total. The van der Waals surface area contributed by atoms with Crippen molar-refractivity contribution in [3.05, 3.63) is 95.6 Å². The zero-order valence-electron chi connectivity index (χ0n) is 17.0. The van der Waals surface area contributed by atoms with Crippen LogP contribution in [0.3, 0.4) is 0 Å². The normalized spacial score (nSPS) is 18.0. The Bertz CT molecular complexity index is 997. The molecule has 0 aromatic heterocycles. The Labute approximate surface area is 177 Å². The molecule has 1 heterocycles. The minimum Gasteiger partial charge on any atom is -0.489 e. The Hall–Kier alpha value is -3.40. The topological polar surface area (TPSA) is 46.6 Å². The summed E-state index contributed by atoms with van der Waals surface area (Å²) < 4.78 is 5.82. The fourth-order valence-electron chi connectivity index (χ4n) is 3.84. The van der Waals surface area contributed by atoms with Crippen LogP contribution in [0.5, 0.6) is 5.75 Å². The maximum Gasteiger partial charge on any atom is 0.233 e. The summed E-state index contributed by atoms with van der Waals surface area (Å²) in [5.74, 6) is 0.470. The van der Waals surface area contributed by atoms with Gasteiger partial charge in [-0.05, 0) is 53.8 Å². The van der Waals surface area contributed by atoms with Crippen LogP contribution >= 0.6 is 0 Å². The summed E-state index contributed by atoms with van der Waals surface area (Å²) in [4.78, 5) is 26.1. The van der Waals surface area contributed by atoms with Crippen LogP contribution in [0.4, 0.5) is 5.69 Å². The van der Waals surface area contributed by atoms with Gasteiger partial charge in [0.25, 0.3) is 0 Å². The SMILES string of the molecule is CCc1ccc(N2C(=O)[C@@H](Cc3ccc(OCc4ccccc4)cc3)[C@H]2C=O)cc1. The molecule has 1 fully saturated rings. The Morgan fingerprint density at radius 1 is 0.867 bits per heavy atom. The van der Waals surface area contributed by atoms with Crippen LogP contribution in [0.25, 0.3) is 0 Å². The molecule has 1 aliphatic rings. The van der Waals surface area contributed by atoms with Gasteiger partial charge in [0.2, 0.25) is 5.91 Å². The highest BCUT2D eigenvalue weighted by Gasteiger charge is 2.47. The van der Waals surface area contributed by atoms with Gasteiger partial charge in [-0.1, -0.05) is 61.5 Å². The Kier molecular flexibility index (Phi) is 5.94. The second-order valence-electron chi connectivity index (χ2n) is 7.58. The second kappa shape index (κ2) is 8.95. The number of amides is 1. The third-order valence-corrected chi connectivity index (χ3v) is 5.65. The average Bonchev–Trinajstić information content (AvgIpc) is 2.81. The molecule has 0 bridgehead atoms. The maximum atomic E-state index is 12.8. The molecular weight excluding hydrogens is 374 g/mol. The number of benzene rings is 3. The van der Waals surface area contributed by atoms with Crippen molar-refractivity contribution in [3.63, 3.8) is 0 Å². The molecule has 4 rings (SSSR count). The predicted molar refractivity (Wildman–Crippen MR) is 118 cm³/mol. The van der Waals surface area contributed by atoms with E-state index in [1.165, 1.54) is 5.56 Å². The number of hydrogen-bond acceptors (Lipinski definition) is 3. The largest absolute Gasteiger partial charge is 0.489 e. The van der Waals surface area contributed by atoms with Crippen molar-refractivity contribution >= 4 is 17.9 Å². The van der Waals surface area contributed by atoms with Crippen LogP contribution in [0.2, 0.25) is 0 Å².